The quantitative estimate of drug-likeness (QED) is 0.752. The molecule has 1 aromatic carbocycles. The SMILES string of the molecule is Cc1nn(C)c2cnn(CCC(=O)NCCc3ccccc3F)c12. The summed E-state index contributed by atoms with van der Waals surface area (Å²) >= 11 is 0. The van der Waals surface area contributed by atoms with E-state index in [2.05, 4.69) is 15.5 Å². The molecule has 0 fully saturated rings. The van der Waals surface area contributed by atoms with Gasteiger partial charge in [0, 0.05) is 20.0 Å². The van der Waals surface area contributed by atoms with Crippen LogP contribution >= 0.6 is 0 Å². The first-order valence-corrected chi connectivity index (χ1v) is 7.91. The lowest BCUT2D eigenvalue weighted by atomic mass is 10.1. The highest BCUT2D eigenvalue weighted by atomic mass is 19.1. The monoisotopic (exact) mass is 329 g/mol. The number of amides is 1. The molecule has 0 atom stereocenters. The van der Waals surface area contributed by atoms with Crippen molar-refractivity contribution >= 4 is 16.9 Å². The highest BCUT2D eigenvalue weighted by Crippen LogP contribution is 2.16. The molecule has 0 bridgehead atoms. The first kappa shape index (κ1) is 16.2. The third-order valence-corrected chi connectivity index (χ3v) is 4.04. The van der Waals surface area contributed by atoms with E-state index < -0.39 is 0 Å². The normalized spacial score (nSPS) is 11.1. The Balaban J connectivity index is 1.51. The molecule has 2 heterocycles. The molecule has 1 N–H and O–H groups in total. The molecule has 0 aliphatic heterocycles. The predicted octanol–water partition coefficient (Wildman–Crippen LogP) is 1.97. The van der Waals surface area contributed by atoms with Gasteiger partial charge in [0.25, 0.3) is 0 Å². The van der Waals surface area contributed by atoms with Crippen molar-refractivity contribution in [3.8, 4) is 0 Å². The molecule has 6 nitrogen and oxygen atoms in total. The molecule has 0 saturated heterocycles. The first-order valence-electron chi connectivity index (χ1n) is 7.91. The molecule has 126 valence electrons. The summed E-state index contributed by atoms with van der Waals surface area (Å²) in [5, 5.41) is 11.5. The molecule has 3 aromatic rings. The summed E-state index contributed by atoms with van der Waals surface area (Å²) in [4.78, 5) is 12.0. The predicted molar refractivity (Wildman–Crippen MR) is 89.0 cm³/mol. The maximum atomic E-state index is 13.5. The van der Waals surface area contributed by atoms with E-state index in [4.69, 9.17) is 0 Å². The standard InChI is InChI=1S/C17H20FN5O/c1-12-17-15(22(2)21-12)11-20-23(17)10-8-16(24)19-9-7-13-5-3-4-6-14(13)18/h3-6,11H,7-10H2,1-2H3,(H,19,24). The summed E-state index contributed by atoms with van der Waals surface area (Å²) in [5.41, 5.74) is 3.41. The fourth-order valence-electron chi connectivity index (χ4n) is 2.81. The van der Waals surface area contributed by atoms with Gasteiger partial charge in [-0.25, -0.2) is 4.39 Å². The number of carbonyl (C=O) groups excluding carboxylic acids is 1. The zero-order valence-electron chi connectivity index (χ0n) is 13.8. The van der Waals surface area contributed by atoms with E-state index in [0.717, 1.165) is 16.7 Å². The van der Waals surface area contributed by atoms with E-state index in [1.165, 1.54) is 6.07 Å². The van der Waals surface area contributed by atoms with Crippen LogP contribution in [0.4, 0.5) is 4.39 Å². The fourth-order valence-corrected chi connectivity index (χ4v) is 2.81. The molecule has 0 saturated carbocycles. The van der Waals surface area contributed by atoms with Crippen LogP contribution in [0, 0.1) is 12.7 Å². The lowest BCUT2D eigenvalue weighted by Gasteiger charge is -2.07. The number of aryl methyl sites for hydroxylation is 3. The Kier molecular flexibility index (Phi) is 4.59. The van der Waals surface area contributed by atoms with Gasteiger partial charge in [0.15, 0.2) is 0 Å². The minimum absolute atomic E-state index is 0.0727. The number of halogens is 1. The smallest absolute Gasteiger partial charge is 0.221 e. The van der Waals surface area contributed by atoms with Crippen molar-refractivity contribution < 1.29 is 9.18 Å². The summed E-state index contributed by atoms with van der Waals surface area (Å²) < 4.78 is 17.1. The number of benzene rings is 1. The van der Waals surface area contributed by atoms with Crippen LogP contribution in [0.2, 0.25) is 0 Å². The van der Waals surface area contributed by atoms with E-state index >= 15 is 0 Å². The van der Waals surface area contributed by atoms with Crippen LogP contribution in [0.15, 0.2) is 30.5 Å². The average Bonchev–Trinajstić information content (AvgIpc) is 3.10. The van der Waals surface area contributed by atoms with Gasteiger partial charge in [0.2, 0.25) is 5.91 Å². The van der Waals surface area contributed by atoms with Gasteiger partial charge in [-0.15, -0.1) is 0 Å². The van der Waals surface area contributed by atoms with E-state index in [1.54, 1.807) is 33.8 Å². The van der Waals surface area contributed by atoms with Crippen molar-refractivity contribution in [2.24, 2.45) is 7.05 Å². The lowest BCUT2D eigenvalue weighted by molar-refractivity contribution is -0.121. The van der Waals surface area contributed by atoms with E-state index in [9.17, 15) is 9.18 Å². The van der Waals surface area contributed by atoms with Gasteiger partial charge >= 0.3 is 0 Å². The lowest BCUT2D eigenvalue weighted by Crippen LogP contribution is -2.26. The highest BCUT2D eigenvalue weighted by Gasteiger charge is 2.12. The zero-order chi connectivity index (χ0) is 17.1. The summed E-state index contributed by atoms with van der Waals surface area (Å²) in [6, 6.07) is 6.60. The van der Waals surface area contributed by atoms with Crippen molar-refractivity contribution in [3.05, 3.63) is 47.5 Å². The maximum absolute atomic E-state index is 13.5. The number of rotatable bonds is 6. The van der Waals surface area contributed by atoms with Gasteiger partial charge in [0.05, 0.1) is 18.4 Å². The fraction of sp³-hybridized carbons (Fsp3) is 0.353. The molecule has 7 heteroatoms. The molecular formula is C17H20FN5O. The third kappa shape index (κ3) is 3.29. The second kappa shape index (κ2) is 6.82. The Morgan fingerprint density at radius 3 is 2.92 bits per heavy atom. The van der Waals surface area contributed by atoms with Crippen LogP contribution in [0.3, 0.4) is 0 Å². The molecule has 0 radical (unpaired) electrons. The van der Waals surface area contributed by atoms with E-state index in [1.807, 2.05) is 14.0 Å². The van der Waals surface area contributed by atoms with Crippen molar-refractivity contribution in [3.63, 3.8) is 0 Å². The van der Waals surface area contributed by atoms with Crippen molar-refractivity contribution in [2.75, 3.05) is 6.54 Å². The van der Waals surface area contributed by atoms with Crippen LogP contribution in [0.1, 0.15) is 17.7 Å². The molecular weight excluding hydrogens is 309 g/mol. The Hall–Kier alpha value is -2.70. The molecule has 0 aliphatic rings. The molecule has 24 heavy (non-hydrogen) atoms. The van der Waals surface area contributed by atoms with Crippen molar-refractivity contribution in [1.29, 1.82) is 0 Å². The van der Waals surface area contributed by atoms with Crippen LogP contribution < -0.4 is 5.32 Å². The minimum atomic E-state index is -0.238. The third-order valence-electron chi connectivity index (χ3n) is 4.04. The number of nitrogens with one attached hydrogen (secondary N) is 1. The van der Waals surface area contributed by atoms with Crippen molar-refractivity contribution in [2.45, 2.75) is 26.3 Å². The van der Waals surface area contributed by atoms with Gasteiger partial charge in [-0.2, -0.15) is 10.2 Å². The van der Waals surface area contributed by atoms with Gasteiger partial charge in [0.1, 0.15) is 16.9 Å². The Morgan fingerprint density at radius 1 is 1.33 bits per heavy atom. The number of hydrogen-bond acceptors (Lipinski definition) is 3. The maximum Gasteiger partial charge on any atom is 0.221 e. The summed E-state index contributed by atoms with van der Waals surface area (Å²) in [6.45, 7) is 2.83. The average molecular weight is 329 g/mol. The van der Waals surface area contributed by atoms with Crippen LogP contribution in [0.25, 0.3) is 11.0 Å². The van der Waals surface area contributed by atoms with Gasteiger partial charge < -0.3 is 5.32 Å². The largest absolute Gasteiger partial charge is 0.356 e. The second-order valence-corrected chi connectivity index (χ2v) is 5.75. The van der Waals surface area contributed by atoms with Crippen LogP contribution in [-0.4, -0.2) is 32.0 Å². The zero-order valence-corrected chi connectivity index (χ0v) is 13.8. The summed E-state index contributed by atoms with van der Waals surface area (Å²) in [6.07, 6.45) is 2.56. The highest BCUT2D eigenvalue weighted by molar-refractivity contribution is 5.78. The Bertz CT molecular complexity index is 867. The van der Waals surface area contributed by atoms with Crippen LogP contribution in [-0.2, 0) is 24.8 Å². The Labute approximate surface area is 139 Å². The van der Waals surface area contributed by atoms with Crippen molar-refractivity contribution in [1.82, 2.24) is 24.9 Å². The van der Waals surface area contributed by atoms with Crippen LogP contribution in [0.5, 0.6) is 0 Å². The van der Waals surface area contributed by atoms with E-state index in [0.29, 0.717) is 31.5 Å². The molecule has 0 aliphatic carbocycles. The summed E-state index contributed by atoms with van der Waals surface area (Å²) in [7, 11) is 1.87. The number of fused-ring (bicyclic) bond motifs is 1. The molecule has 2 aromatic heterocycles. The van der Waals surface area contributed by atoms with Gasteiger partial charge in [-0.1, -0.05) is 18.2 Å². The Morgan fingerprint density at radius 2 is 2.12 bits per heavy atom. The number of carbonyl (C=O) groups is 1. The molecule has 1 amide bonds. The molecule has 0 spiro atoms. The molecule has 3 rings (SSSR count). The summed E-state index contributed by atoms with van der Waals surface area (Å²) in [5.74, 6) is -0.311. The number of aromatic nitrogens is 4. The first-order chi connectivity index (χ1) is 11.6. The van der Waals surface area contributed by atoms with Gasteiger partial charge in [-0.05, 0) is 25.0 Å². The number of nitrogens with zero attached hydrogens (tertiary/aromatic N) is 4. The van der Waals surface area contributed by atoms with Gasteiger partial charge in [-0.3, -0.25) is 14.2 Å². The topological polar surface area (TPSA) is 64.7 Å². The number of hydrogen-bond donors (Lipinski definition) is 1. The molecule has 0 unspecified atom stereocenters. The minimum Gasteiger partial charge on any atom is -0.356 e. The van der Waals surface area contributed by atoms with E-state index in [-0.39, 0.29) is 11.7 Å². The second-order valence-electron chi connectivity index (χ2n) is 5.75.